The van der Waals surface area contributed by atoms with Crippen molar-refractivity contribution in [2.45, 2.75) is 10.7 Å². The number of aromatic nitrogens is 1. The highest BCUT2D eigenvalue weighted by Crippen LogP contribution is 2.21. The van der Waals surface area contributed by atoms with E-state index in [4.69, 9.17) is 0 Å². The topological polar surface area (TPSA) is 12.9 Å². The van der Waals surface area contributed by atoms with Crippen LogP contribution >= 0.6 is 31.9 Å². The fraction of sp³-hybridized carbons (Fsp3) is 0.154. The van der Waals surface area contributed by atoms with Crippen LogP contribution in [0.1, 0.15) is 11.3 Å². The first-order valence-corrected chi connectivity index (χ1v) is 7.25. The average Bonchev–Trinajstić information content (AvgIpc) is 2.39. The second-order valence-corrected chi connectivity index (χ2v) is 4.61. The van der Waals surface area contributed by atoms with Crippen molar-refractivity contribution in [3.05, 3.63) is 53.7 Å². The molecule has 2 rings (SSSR count). The van der Waals surface area contributed by atoms with Crippen LogP contribution in [0.25, 0.3) is 11.3 Å². The number of hydrogen-bond donors (Lipinski definition) is 0. The van der Waals surface area contributed by atoms with Crippen molar-refractivity contribution in [3.8, 4) is 11.3 Å². The van der Waals surface area contributed by atoms with Crippen molar-refractivity contribution in [3.63, 3.8) is 0 Å². The molecule has 0 amide bonds. The Morgan fingerprint density at radius 3 is 2.31 bits per heavy atom. The summed E-state index contributed by atoms with van der Waals surface area (Å²) >= 11 is 6.93. The Hall–Kier alpha value is -0.670. The van der Waals surface area contributed by atoms with E-state index in [1.807, 2.05) is 18.2 Å². The molecule has 0 N–H and O–H groups in total. The van der Waals surface area contributed by atoms with Gasteiger partial charge in [-0.2, -0.15) is 0 Å². The molecule has 0 atom stereocenters. The van der Waals surface area contributed by atoms with Crippen LogP contribution in [0, 0.1) is 0 Å². The molecule has 0 unspecified atom stereocenters. The molecule has 0 aliphatic carbocycles. The van der Waals surface area contributed by atoms with Crippen LogP contribution in [0.4, 0.5) is 0 Å². The predicted octanol–water partition coefficient (Wildman–Crippen LogP) is 4.54. The number of hydrogen-bond acceptors (Lipinski definition) is 1. The predicted molar refractivity (Wildman–Crippen MR) is 74.9 cm³/mol. The molecule has 0 aliphatic heterocycles. The van der Waals surface area contributed by atoms with E-state index < -0.39 is 0 Å². The molecule has 2 aromatic rings. The van der Waals surface area contributed by atoms with Crippen molar-refractivity contribution >= 4 is 31.9 Å². The van der Waals surface area contributed by atoms with Gasteiger partial charge in [0, 0.05) is 16.2 Å². The summed E-state index contributed by atoms with van der Waals surface area (Å²) in [7, 11) is 0. The summed E-state index contributed by atoms with van der Waals surface area (Å²) in [6, 6.07) is 14.5. The smallest absolute Gasteiger partial charge is 0.0708 e. The van der Waals surface area contributed by atoms with E-state index in [0.29, 0.717) is 0 Å². The van der Waals surface area contributed by atoms with Gasteiger partial charge < -0.3 is 0 Å². The van der Waals surface area contributed by atoms with Gasteiger partial charge in [0.05, 0.1) is 11.4 Å². The first kappa shape index (κ1) is 11.8. The van der Waals surface area contributed by atoms with Gasteiger partial charge in [0.1, 0.15) is 0 Å². The van der Waals surface area contributed by atoms with E-state index in [0.717, 1.165) is 27.6 Å². The van der Waals surface area contributed by atoms with Gasteiger partial charge in [-0.05, 0) is 17.7 Å². The molecule has 1 aromatic heterocycles. The normalized spacial score (nSPS) is 10.4. The number of rotatable bonds is 3. The van der Waals surface area contributed by atoms with Crippen LogP contribution in [-0.4, -0.2) is 4.98 Å². The third kappa shape index (κ3) is 2.71. The van der Waals surface area contributed by atoms with Crippen LogP contribution < -0.4 is 0 Å². The molecule has 0 saturated carbocycles. The summed E-state index contributed by atoms with van der Waals surface area (Å²) < 4.78 is 0. The minimum Gasteiger partial charge on any atom is -0.252 e. The zero-order valence-corrected chi connectivity index (χ0v) is 11.8. The first-order valence-electron chi connectivity index (χ1n) is 5.00. The number of nitrogens with zero attached hydrogens (tertiary/aromatic N) is 1. The van der Waals surface area contributed by atoms with Crippen molar-refractivity contribution in [2.24, 2.45) is 0 Å². The van der Waals surface area contributed by atoms with Gasteiger partial charge in [-0.25, -0.2) is 0 Å². The maximum absolute atomic E-state index is 4.60. The Bertz CT molecular complexity index is 446. The average molecular weight is 341 g/mol. The third-order valence-electron chi connectivity index (χ3n) is 2.30. The number of pyridine rings is 1. The second kappa shape index (κ2) is 5.60. The van der Waals surface area contributed by atoms with E-state index in [2.05, 4.69) is 61.1 Å². The van der Waals surface area contributed by atoms with Gasteiger partial charge in [0.2, 0.25) is 0 Å². The Morgan fingerprint density at radius 1 is 0.938 bits per heavy atom. The van der Waals surface area contributed by atoms with Crippen molar-refractivity contribution in [1.82, 2.24) is 4.98 Å². The molecule has 0 saturated heterocycles. The molecule has 1 heterocycles. The lowest BCUT2D eigenvalue weighted by Gasteiger charge is -2.06. The molecule has 0 aliphatic rings. The van der Waals surface area contributed by atoms with Crippen LogP contribution in [0.5, 0.6) is 0 Å². The molecule has 3 heteroatoms. The summed E-state index contributed by atoms with van der Waals surface area (Å²) in [4.78, 5) is 4.60. The molecular formula is C13H11Br2N. The van der Waals surface area contributed by atoms with Gasteiger partial charge in [-0.15, -0.1) is 0 Å². The van der Waals surface area contributed by atoms with Crippen LogP contribution in [0.3, 0.4) is 0 Å². The molecule has 1 nitrogen and oxygen atoms in total. The van der Waals surface area contributed by atoms with Gasteiger partial charge >= 0.3 is 0 Å². The van der Waals surface area contributed by atoms with Gasteiger partial charge in [0.25, 0.3) is 0 Å². The molecule has 1 aromatic carbocycles. The highest BCUT2D eigenvalue weighted by molar-refractivity contribution is 9.08. The largest absolute Gasteiger partial charge is 0.252 e. The quantitative estimate of drug-likeness (QED) is 0.747. The van der Waals surface area contributed by atoms with E-state index in [1.165, 1.54) is 5.56 Å². The minimum absolute atomic E-state index is 0.785. The van der Waals surface area contributed by atoms with E-state index in [-0.39, 0.29) is 0 Å². The number of halogens is 2. The maximum Gasteiger partial charge on any atom is 0.0708 e. The lowest BCUT2D eigenvalue weighted by Crippen LogP contribution is -1.92. The first-order chi connectivity index (χ1) is 7.83. The van der Waals surface area contributed by atoms with Crippen molar-refractivity contribution in [2.75, 3.05) is 0 Å². The number of alkyl halides is 2. The molecule has 0 radical (unpaired) electrons. The molecule has 0 spiro atoms. The summed E-state index contributed by atoms with van der Waals surface area (Å²) in [5.41, 5.74) is 4.51. The van der Waals surface area contributed by atoms with Gasteiger partial charge in [-0.1, -0.05) is 62.2 Å². The lowest BCUT2D eigenvalue weighted by molar-refractivity contribution is 1.16. The highest BCUT2D eigenvalue weighted by Gasteiger charge is 2.03. The number of benzene rings is 1. The fourth-order valence-corrected chi connectivity index (χ4v) is 2.16. The standard InChI is InChI=1S/C13H11Br2N/c14-8-10-6-12(9-15)16-13(7-10)11-4-2-1-3-5-11/h1-7H,8-9H2. The Balaban J connectivity index is 2.48. The van der Waals surface area contributed by atoms with Gasteiger partial charge in [0.15, 0.2) is 0 Å². The van der Waals surface area contributed by atoms with Crippen LogP contribution in [-0.2, 0) is 10.7 Å². The Morgan fingerprint density at radius 2 is 1.69 bits per heavy atom. The molecular weight excluding hydrogens is 330 g/mol. The monoisotopic (exact) mass is 339 g/mol. The lowest BCUT2D eigenvalue weighted by atomic mass is 10.1. The zero-order chi connectivity index (χ0) is 11.4. The molecule has 0 bridgehead atoms. The molecule has 0 fully saturated rings. The summed E-state index contributed by atoms with van der Waals surface area (Å²) in [6.07, 6.45) is 0. The third-order valence-corrected chi connectivity index (χ3v) is 3.52. The highest BCUT2D eigenvalue weighted by atomic mass is 79.9. The van der Waals surface area contributed by atoms with Crippen molar-refractivity contribution < 1.29 is 0 Å². The second-order valence-electron chi connectivity index (χ2n) is 3.49. The van der Waals surface area contributed by atoms with Crippen molar-refractivity contribution in [1.29, 1.82) is 0 Å². The van der Waals surface area contributed by atoms with Crippen LogP contribution in [0.15, 0.2) is 42.5 Å². The Labute approximate surface area is 112 Å². The fourth-order valence-electron chi connectivity index (χ4n) is 1.55. The minimum atomic E-state index is 0.785. The summed E-state index contributed by atoms with van der Waals surface area (Å²) in [5, 5.41) is 1.64. The van der Waals surface area contributed by atoms with E-state index >= 15 is 0 Å². The SMILES string of the molecule is BrCc1cc(CBr)nc(-c2ccccc2)c1. The summed E-state index contributed by atoms with van der Waals surface area (Å²) in [6.45, 7) is 0. The maximum atomic E-state index is 4.60. The zero-order valence-electron chi connectivity index (χ0n) is 8.66. The molecule has 82 valence electrons. The van der Waals surface area contributed by atoms with Gasteiger partial charge in [-0.3, -0.25) is 4.98 Å². The van der Waals surface area contributed by atoms with E-state index in [1.54, 1.807) is 0 Å². The Kier molecular flexibility index (Phi) is 4.13. The molecule has 16 heavy (non-hydrogen) atoms. The van der Waals surface area contributed by atoms with Crippen LogP contribution in [0.2, 0.25) is 0 Å². The van der Waals surface area contributed by atoms with E-state index in [9.17, 15) is 0 Å². The summed E-state index contributed by atoms with van der Waals surface area (Å²) in [5.74, 6) is 0.